The van der Waals surface area contributed by atoms with E-state index >= 15 is 0 Å². The van der Waals surface area contributed by atoms with Gasteiger partial charge in [-0.2, -0.15) is 0 Å². The summed E-state index contributed by atoms with van der Waals surface area (Å²) in [6.45, 7) is 0. The lowest BCUT2D eigenvalue weighted by molar-refractivity contribution is 0.475. The predicted octanol–water partition coefficient (Wildman–Crippen LogP) is 2.33. The maximum absolute atomic E-state index is 8.79. The van der Waals surface area contributed by atoms with E-state index in [1.165, 1.54) is 24.3 Å². The molecule has 0 aliphatic carbocycles. The first-order valence-corrected chi connectivity index (χ1v) is 2.67. The van der Waals surface area contributed by atoms with Crippen molar-refractivity contribution in [2.75, 3.05) is 0 Å². The normalized spacial score (nSPS) is 8.40. The average molecular weight is 135 g/mol. The van der Waals surface area contributed by atoms with Gasteiger partial charge in [0.25, 0.3) is 0 Å². The van der Waals surface area contributed by atoms with E-state index in [9.17, 15) is 0 Å². The van der Waals surface area contributed by atoms with Crippen LogP contribution in [0.3, 0.4) is 0 Å². The van der Waals surface area contributed by atoms with Crippen molar-refractivity contribution in [1.82, 2.24) is 0 Å². The lowest BCUT2D eigenvalue weighted by Crippen LogP contribution is -1.61. The number of aromatic hydroxyl groups is 1. The molecule has 1 aromatic carbocycles. The van der Waals surface area contributed by atoms with Crippen LogP contribution in [0.15, 0.2) is 29.4 Å². The van der Waals surface area contributed by atoms with Gasteiger partial charge in [-0.15, -0.1) is 0 Å². The molecule has 0 fully saturated rings. The monoisotopic (exact) mass is 135 g/mol. The summed E-state index contributed by atoms with van der Waals surface area (Å²) in [5.74, 6) is 0.164. The van der Waals surface area contributed by atoms with Gasteiger partial charge in [-0.3, -0.25) is 0 Å². The molecule has 50 valence electrons. The summed E-state index contributed by atoms with van der Waals surface area (Å²) < 4.78 is 0. The highest BCUT2D eigenvalue weighted by molar-refractivity contribution is 5.40. The molecular formula is C6H5N3O. The minimum absolute atomic E-state index is 0.164. The molecule has 10 heavy (non-hydrogen) atoms. The van der Waals surface area contributed by atoms with Crippen LogP contribution in [0.5, 0.6) is 5.75 Å². The van der Waals surface area contributed by atoms with E-state index in [1.807, 2.05) is 0 Å². The molecule has 0 bridgehead atoms. The third-order valence-corrected chi connectivity index (χ3v) is 1.01. The fraction of sp³-hybridized carbons (Fsp3) is 0. The standard InChI is InChI=1S/C6H5N3O/c7-9-8-5-1-3-6(10)4-2-5/h1-4,10H. The molecule has 4 heteroatoms. The smallest absolute Gasteiger partial charge is 0.115 e. The Morgan fingerprint density at radius 3 is 2.40 bits per heavy atom. The van der Waals surface area contributed by atoms with Crippen LogP contribution in [0.25, 0.3) is 10.4 Å². The van der Waals surface area contributed by atoms with E-state index in [-0.39, 0.29) is 5.75 Å². The molecule has 0 aromatic heterocycles. The van der Waals surface area contributed by atoms with Gasteiger partial charge in [-0.25, -0.2) is 0 Å². The molecule has 0 spiro atoms. The van der Waals surface area contributed by atoms with E-state index in [4.69, 9.17) is 10.6 Å². The summed E-state index contributed by atoms with van der Waals surface area (Å²) >= 11 is 0. The Bertz CT molecular complexity index is 261. The summed E-state index contributed by atoms with van der Waals surface area (Å²) in [5, 5.41) is 12.1. The number of rotatable bonds is 1. The molecule has 0 radical (unpaired) electrons. The SMILES string of the molecule is [N-]=[N+]=Nc1ccc(O)cc1. The molecule has 0 heterocycles. The first-order chi connectivity index (χ1) is 4.83. The number of phenolic OH excluding ortho intramolecular Hbond substituents is 1. The molecule has 4 nitrogen and oxygen atoms in total. The fourth-order valence-corrected chi connectivity index (χ4v) is 0.571. The first-order valence-electron chi connectivity index (χ1n) is 2.67. The third-order valence-electron chi connectivity index (χ3n) is 1.01. The molecule has 0 aliphatic heterocycles. The second-order valence-electron chi connectivity index (χ2n) is 1.71. The highest BCUT2D eigenvalue weighted by Gasteiger charge is 1.86. The van der Waals surface area contributed by atoms with Crippen molar-refractivity contribution >= 4 is 5.69 Å². The number of hydrogen-bond acceptors (Lipinski definition) is 2. The maximum atomic E-state index is 8.79. The van der Waals surface area contributed by atoms with Crippen LogP contribution in [0.4, 0.5) is 5.69 Å². The number of azide groups is 1. The van der Waals surface area contributed by atoms with E-state index in [0.29, 0.717) is 5.69 Å². The largest absolute Gasteiger partial charge is 0.508 e. The highest BCUT2D eigenvalue weighted by Crippen LogP contribution is 2.15. The van der Waals surface area contributed by atoms with Gasteiger partial charge in [0.1, 0.15) is 5.75 Å². The molecule has 0 amide bonds. The zero-order chi connectivity index (χ0) is 7.40. The van der Waals surface area contributed by atoms with Crippen molar-refractivity contribution in [3.05, 3.63) is 34.7 Å². The van der Waals surface area contributed by atoms with Crippen LogP contribution in [-0.4, -0.2) is 5.11 Å². The molecule has 0 atom stereocenters. The summed E-state index contributed by atoms with van der Waals surface area (Å²) in [6.07, 6.45) is 0. The highest BCUT2D eigenvalue weighted by atomic mass is 16.3. The van der Waals surface area contributed by atoms with Crippen molar-refractivity contribution in [1.29, 1.82) is 0 Å². The van der Waals surface area contributed by atoms with Gasteiger partial charge in [0.15, 0.2) is 0 Å². The number of nitrogens with zero attached hydrogens (tertiary/aromatic N) is 3. The molecular weight excluding hydrogens is 130 g/mol. The van der Waals surface area contributed by atoms with Crippen molar-refractivity contribution < 1.29 is 5.11 Å². The number of benzene rings is 1. The minimum Gasteiger partial charge on any atom is -0.508 e. The molecule has 1 rings (SSSR count). The zero-order valence-corrected chi connectivity index (χ0v) is 5.10. The zero-order valence-electron chi connectivity index (χ0n) is 5.10. The Kier molecular flexibility index (Phi) is 1.78. The van der Waals surface area contributed by atoms with Crippen LogP contribution >= 0.6 is 0 Å². The molecule has 0 aliphatic rings. The average Bonchev–Trinajstić information content (AvgIpc) is 1.95. The van der Waals surface area contributed by atoms with Crippen LogP contribution < -0.4 is 0 Å². The Hall–Kier alpha value is -1.67. The van der Waals surface area contributed by atoms with Gasteiger partial charge in [0.2, 0.25) is 0 Å². The topological polar surface area (TPSA) is 69.0 Å². The lowest BCUT2D eigenvalue weighted by atomic mass is 10.3. The second-order valence-corrected chi connectivity index (χ2v) is 1.71. The van der Waals surface area contributed by atoms with Gasteiger partial charge >= 0.3 is 0 Å². The molecule has 1 N–H and O–H groups in total. The lowest BCUT2D eigenvalue weighted by Gasteiger charge is -1.89. The van der Waals surface area contributed by atoms with Gasteiger partial charge in [-0.05, 0) is 29.8 Å². The van der Waals surface area contributed by atoms with E-state index in [0.717, 1.165) is 0 Å². The quantitative estimate of drug-likeness (QED) is 0.358. The van der Waals surface area contributed by atoms with Gasteiger partial charge in [0.05, 0.1) is 0 Å². The summed E-state index contributed by atoms with van der Waals surface area (Å²) in [5.41, 5.74) is 8.49. The first kappa shape index (κ1) is 6.45. The molecule has 0 saturated heterocycles. The van der Waals surface area contributed by atoms with E-state index < -0.39 is 0 Å². The number of hydrogen-bond donors (Lipinski definition) is 1. The summed E-state index contributed by atoms with van der Waals surface area (Å²) in [6, 6.07) is 6.00. The van der Waals surface area contributed by atoms with Gasteiger partial charge < -0.3 is 5.11 Å². The third kappa shape index (κ3) is 1.40. The predicted molar refractivity (Wildman–Crippen MR) is 36.9 cm³/mol. The van der Waals surface area contributed by atoms with Gasteiger partial charge in [0, 0.05) is 10.6 Å². The Morgan fingerprint density at radius 1 is 1.30 bits per heavy atom. The van der Waals surface area contributed by atoms with Crippen molar-refractivity contribution in [2.45, 2.75) is 0 Å². The number of phenols is 1. The van der Waals surface area contributed by atoms with Crippen LogP contribution in [0.2, 0.25) is 0 Å². The van der Waals surface area contributed by atoms with Crippen LogP contribution in [0, 0.1) is 0 Å². The van der Waals surface area contributed by atoms with E-state index in [1.54, 1.807) is 0 Å². The van der Waals surface area contributed by atoms with Crippen molar-refractivity contribution in [3.63, 3.8) is 0 Å². The van der Waals surface area contributed by atoms with E-state index in [2.05, 4.69) is 10.0 Å². The Morgan fingerprint density at radius 2 is 1.90 bits per heavy atom. The Labute approximate surface area is 57.4 Å². The molecule has 0 unspecified atom stereocenters. The minimum atomic E-state index is 0.164. The van der Waals surface area contributed by atoms with Crippen LogP contribution in [-0.2, 0) is 0 Å². The van der Waals surface area contributed by atoms with Crippen molar-refractivity contribution in [3.8, 4) is 5.75 Å². The van der Waals surface area contributed by atoms with Crippen LogP contribution in [0.1, 0.15) is 0 Å². The Balaban J connectivity index is 3.00. The van der Waals surface area contributed by atoms with Gasteiger partial charge in [-0.1, -0.05) is 5.11 Å². The fourth-order valence-electron chi connectivity index (χ4n) is 0.571. The summed E-state index contributed by atoms with van der Waals surface area (Å²) in [7, 11) is 0. The van der Waals surface area contributed by atoms with Crippen molar-refractivity contribution in [2.24, 2.45) is 5.11 Å². The molecule has 0 saturated carbocycles. The molecule has 1 aromatic rings. The second kappa shape index (κ2) is 2.75. The maximum Gasteiger partial charge on any atom is 0.115 e. The summed E-state index contributed by atoms with van der Waals surface area (Å²) in [4.78, 5) is 2.58.